The third kappa shape index (κ3) is 2.32. The Bertz CT molecular complexity index is 498. The van der Waals surface area contributed by atoms with Crippen molar-refractivity contribution in [3.05, 3.63) is 29.8 Å². The zero-order valence-corrected chi connectivity index (χ0v) is 13.2. The van der Waals surface area contributed by atoms with Crippen molar-refractivity contribution < 1.29 is 19.2 Å². The molecule has 1 aromatic rings. The highest BCUT2D eigenvalue weighted by molar-refractivity contribution is 6.62. The quantitative estimate of drug-likeness (QED) is 0.851. The third-order valence-corrected chi connectivity index (χ3v) is 5.11. The third-order valence-electron chi connectivity index (χ3n) is 5.11. The largest absolute Gasteiger partial charge is 0.494 e. The fourth-order valence-corrected chi connectivity index (χ4v) is 2.67. The van der Waals surface area contributed by atoms with E-state index in [9.17, 15) is 5.11 Å². The average molecular weight is 290 g/mol. The summed E-state index contributed by atoms with van der Waals surface area (Å²) < 4.78 is 17.4. The molecule has 4 nitrogen and oxygen atoms in total. The molecule has 0 spiro atoms. The second-order valence-electron chi connectivity index (χ2n) is 7.14. The van der Waals surface area contributed by atoms with E-state index < -0.39 is 0 Å². The Morgan fingerprint density at radius 3 is 1.90 bits per heavy atom. The molecule has 0 radical (unpaired) electrons. The summed E-state index contributed by atoms with van der Waals surface area (Å²) in [5.41, 5.74) is 1.23. The van der Waals surface area contributed by atoms with Crippen LogP contribution in [0.1, 0.15) is 33.3 Å². The lowest BCUT2D eigenvalue weighted by molar-refractivity contribution is -0.0841. The van der Waals surface area contributed by atoms with E-state index in [0.717, 1.165) is 11.0 Å². The van der Waals surface area contributed by atoms with E-state index in [1.165, 1.54) is 0 Å². The van der Waals surface area contributed by atoms with E-state index >= 15 is 0 Å². The maximum atomic E-state index is 9.58. The van der Waals surface area contributed by atoms with Crippen LogP contribution >= 0.6 is 0 Å². The molecule has 3 rings (SSSR count). The van der Waals surface area contributed by atoms with Gasteiger partial charge in [0.1, 0.15) is 0 Å². The van der Waals surface area contributed by atoms with Crippen LogP contribution in [0.15, 0.2) is 24.3 Å². The molecule has 2 aliphatic rings. The SMILES string of the molecule is CC1(C)OB(c2ccc(C3(CO)COC3)cc2)OC1(C)C. The van der Waals surface area contributed by atoms with Crippen molar-refractivity contribution in [1.82, 2.24) is 0 Å². The second-order valence-corrected chi connectivity index (χ2v) is 7.14. The van der Waals surface area contributed by atoms with Crippen LogP contribution in [0.5, 0.6) is 0 Å². The molecule has 0 aliphatic carbocycles. The van der Waals surface area contributed by atoms with Crippen molar-refractivity contribution in [2.75, 3.05) is 19.8 Å². The van der Waals surface area contributed by atoms with E-state index in [1.807, 2.05) is 52.0 Å². The van der Waals surface area contributed by atoms with Gasteiger partial charge in [0.15, 0.2) is 0 Å². The van der Waals surface area contributed by atoms with Gasteiger partial charge < -0.3 is 19.2 Å². The molecule has 2 saturated heterocycles. The summed E-state index contributed by atoms with van der Waals surface area (Å²) in [6.45, 7) is 9.48. The summed E-state index contributed by atoms with van der Waals surface area (Å²) >= 11 is 0. The van der Waals surface area contributed by atoms with E-state index in [1.54, 1.807) is 0 Å². The number of rotatable bonds is 3. The Hall–Kier alpha value is -0.875. The van der Waals surface area contributed by atoms with E-state index in [-0.39, 0.29) is 30.3 Å². The van der Waals surface area contributed by atoms with Crippen LogP contribution in [0.2, 0.25) is 0 Å². The Morgan fingerprint density at radius 2 is 1.52 bits per heavy atom. The molecule has 21 heavy (non-hydrogen) atoms. The monoisotopic (exact) mass is 290 g/mol. The van der Waals surface area contributed by atoms with Crippen LogP contribution in [0.25, 0.3) is 0 Å². The Labute approximate surface area is 126 Å². The van der Waals surface area contributed by atoms with Gasteiger partial charge in [-0.3, -0.25) is 0 Å². The molecular weight excluding hydrogens is 267 g/mol. The standard InChI is InChI=1S/C16H23BO4/c1-14(2)15(3,4)21-17(20-14)13-7-5-12(6-8-13)16(9-18)10-19-11-16/h5-8,18H,9-11H2,1-4H3. The van der Waals surface area contributed by atoms with Gasteiger partial charge in [0.2, 0.25) is 0 Å². The summed E-state index contributed by atoms with van der Waals surface area (Å²) in [6.07, 6.45) is 0. The maximum absolute atomic E-state index is 9.58. The van der Waals surface area contributed by atoms with Gasteiger partial charge in [-0.2, -0.15) is 0 Å². The topological polar surface area (TPSA) is 47.9 Å². The van der Waals surface area contributed by atoms with Crippen molar-refractivity contribution in [3.63, 3.8) is 0 Å². The first-order valence-electron chi connectivity index (χ1n) is 7.44. The number of aliphatic hydroxyl groups is 1. The van der Waals surface area contributed by atoms with Crippen molar-refractivity contribution in [1.29, 1.82) is 0 Å². The lowest BCUT2D eigenvalue weighted by Crippen LogP contribution is -2.49. The van der Waals surface area contributed by atoms with Gasteiger partial charge in [0, 0.05) is 0 Å². The molecule has 0 amide bonds. The summed E-state index contributed by atoms with van der Waals surface area (Å²) in [5, 5.41) is 9.58. The highest BCUT2D eigenvalue weighted by atomic mass is 16.7. The molecule has 2 fully saturated rings. The molecule has 0 bridgehead atoms. The van der Waals surface area contributed by atoms with E-state index in [2.05, 4.69) is 0 Å². The van der Waals surface area contributed by atoms with Crippen LogP contribution in [0, 0.1) is 0 Å². The Balaban J connectivity index is 1.80. The highest BCUT2D eigenvalue weighted by Crippen LogP contribution is 2.37. The van der Waals surface area contributed by atoms with Gasteiger partial charge in [-0.05, 0) is 38.7 Å². The van der Waals surface area contributed by atoms with E-state index in [0.29, 0.717) is 13.2 Å². The molecule has 2 heterocycles. The van der Waals surface area contributed by atoms with Gasteiger partial charge in [-0.25, -0.2) is 0 Å². The smallest absolute Gasteiger partial charge is 0.399 e. The zero-order chi connectivity index (χ0) is 15.3. The van der Waals surface area contributed by atoms with Gasteiger partial charge in [-0.1, -0.05) is 24.3 Å². The number of aliphatic hydroxyl groups excluding tert-OH is 1. The summed E-state index contributed by atoms with van der Waals surface area (Å²) in [7, 11) is -0.341. The van der Waals surface area contributed by atoms with Crippen LogP contribution in [0.4, 0.5) is 0 Å². The highest BCUT2D eigenvalue weighted by Gasteiger charge is 2.51. The molecule has 0 unspecified atom stereocenters. The lowest BCUT2D eigenvalue weighted by atomic mass is 9.75. The summed E-state index contributed by atoms with van der Waals surface area (Å²) in [5.74, 6) is 0. The first-order chi connectivity index (χ1) is 9.80. The molecule has 1 aromatic carbocycles. The summed E-state index contributed by atoms with van der Waals surface area (Å²) in [6, 6.07) is 8.12. The first-order valence-corrected chi connectivity index (χ1v) is 7.44. The maximum Gasteiger partial charge on any atom is 0.494 e. The predicted octanol–water partition coefficient (Wildman–Crippen LogP) is 1.25. The number of hydrogen-bond donors (Lipinski definition) is 1. The van der Waals surface area contributed by atoms with Gasteiger partial charge in [0.25, 0.3) is 0 Å². The molecular formula is C16H23BO4. The fraction of sp³-hybridized carbons (Fsp3) is 0.625. The van der Waals surface area contributed by atoms with Gasteiger partial charge in [-0.15, -0.1) is 0 Å². The van der Waals surface area contributed by atoms with Crippen molar-refractivity contribution >= 4 is 12.6 Å². The van der Waals surface area contributed by atoms with Crippen LogP contribution < -0.4 is 5.46 Å². The molecule has 0 saturated carbocycles. The summed E-state index contributed by atoms with van der Waals surface area (Å²) in [4.78, 5) is 0. The predicted molar refractivity (Wildman–Crippen MR) is 81.7 cm³/mol. The van der Waals surface area contributed by atoms with Crippen LogP contribution in [-0.2, 0) is 19.5 Å². The van der Waals surface area contributed by atoms with E-state index in [4.69, 9.17) is 14.0 Å². The van der Waals surface area contributed by atoms with Crippen molar-refractivity contribution in [2.45, 2.75) is 44.3 Å². The molecule has 5 heteroatoms. The Kier molecular flexibility index (Phi) is 3.45. The molecule has 0 aromatic heterocycles. The van der Waals surface area contributed by atoms with Gasteiger partial charge in [0.05, 0.1) is 36.4 Å². The molecule has 0 atom stereocenters. The Morgan fingerprint density at radius 1 is 1.00 bits per heavy atom. The second kappa shape index (κ2) is 4.81. The minimum Gasteiger partial charge on any atom is -0.399 e. The lowest BCUT2D eigenvalue weighted by Gasteiger charge is -2.40. The fourth-order valence-electron chi connectivity index (χ4n) is 2.67. The molecule has 1 N–H and O–H groups in total. The van der Waals surface area contributed by atoms with Crippen LogP contribution in [0.3, 0.4) is 0 Å². The van der Waals surface area contributed by atoms with Crippen LogP contribution in [-0.4, -0.2) is 43.2 Å². The normalized spacial score (nSPS) is 25.7. The first kappa shape index (κ1) is 15.0. The molecule has 2 aliphatic heterocycles. The van der Waals surface area contributed by atoms with Gasteiger partial charge >= 0.3 is 7.12 Å². The average Bonchev–Trinajstić information content (AvgIpc) is 2.59. The zero-order valence-electron chi connectivity index (χ0n) is 13.2. The number of benzene rings is 1. The number of hydrogen-bond acceptors (Lipinski definition) is 4. The number of ether oxygens (including phenoxy) is 1. The van der Waals surface area contributed by atoms with Crippen molar-refractivity contribution in [2.24, 2.45) is 0 Å². The van der Waals surface area contributed by atoms with Crippen molar-refractivity contribution in [3.8, 4) is 0 Å². The minimum atomic E-state index is -0.341. The molecule has 114 valence electrons. The minimum absolute atomic E-state index is 0.114.